The van der Waals surface area contributed by atoms with Crippen LogP contribution in [0.5, 0.6) is 0 Å². The summed E-state index contributed by atoms with van der Waals surface area (Å²) in [6.07, 6.45) is 3.50. The number of carboxylic acids is 1. The predicted molar refractivity (Wildman–Crippen MR) is 80.1 cm³/mol. The summed E-state index contributed by atoms with van der Waals surface area (Å²) in [6.45, 7) is 10.8. The van der Waals surface area contributed by atoms with Crippen molar-refractivity contribution < 1.29 is 19.4 Å². The maximum absolute atomic E-state index is 11.3. The van der Waals surface area contributed by atoms with Gasteiger partial charge < -0.3 is 19.9 Å². The summed E-state index contributed by atoms with van der Waals surface area (Å²) in [7, 11) is 0. The van der Waals surface area contributed by atoms with Crippen molar-refractivity contribution in [1.29, 1.82) is 0 Å². The minimum atomic E-state index is -0.943. The fraction of sp³-hybridized carbons (Fsp3) is 0.938. The van der Waals surface area contributed by atoms with Gasteiger partial charge in [0.25, 0.3) is 0 Å². The lowest BCUT2D eigenvalue weighted by atomic mass is 9.73. The Morgan fingerprint density at radius 3 is 2.05 bits per heavy atom. The van der Waals surface area contributed by atoms with Crippen molar-refractivity contribution in [1.82, 2.24) is 5.32 Å². The maximum atomic E-state index is 11.3. The quantitative estimate of drug-likeness (QED) is 0.838. The number of ether oxygens (including phenoxy) is 2. The third kappa shape index (κ3) is 3.10. The molecule has 0 aliphatic carbocycles. The van der Waals surface area contributed by atoms with Crippen LogP contribution in [-0.2, 0) is 14.3 Å². The van der Waals surface area contributed by atoms with E-state index in [1.165, 1.54) is 0 Å². The Labute approximate surface area is 127 Å². The third-order valence-corrected chi connectivity index (χ3v) is 5.10. The molecule has 122 valence electrons. The van der Waals surface area contributed by atoms with Gasteiger partial charge >= 0.3 is 5.97 Å². The van der Waals surface area contributed by atoms with Gasteiger partial charge in [-0.05, 0) is 33.6 Å². The van der Waals surface area contributed by atoms with E-state index >= 15 is 0 Å². The highest BCUT2D eigenvalue weighted by atomic mass is 16.7. The second kappa shape index (κ2) is 5.21. The maximum Gasteiger partial charge on any atom is 0.314 e. The summed E-state index contributed by atoms with van der Waals surface area (Å²) in [5.74, 6) is -1.52. The summed E-state index contributed by atoms with van der Waals surface area (Å²) in [5.41, 5.74) is -1.05. The SMILES string of the molecule is CCC1(CC)CC2(CC(C)(C)N1)OCC(C)(C(=O)O)CO2. The van der Waals surface area contributed by atoms with Crippen LogP contribution in [0.1, 0.15) is 60.3 Å². The fourth-order valence-electron chi connectivity index (χ4n) is 3.73. The zero-order chi connectivity index (χ0) is 15.9. The minimum Gasteiger partial charge on any atom is -0.481 e. The Kier molecular flexibility index (Phi) is 4.15. The first-order valence-corrected chi connectivity index (χ1v) is 7.91. The van der Waals surface area contributed by atoms with Crippen molar-refractivity contribution in [2.24, 2.45) is 5.41 Å². The van der Waals surface area contributed by atoms with Crippen LogP contribution in [0.2, 0.25) is 0 Å². The zero-order valence-corrected chi connectivity index (χ0v) is 13.9. The first-order chi connectivity index (χ1) is 9.60. The zero-order valence-electron chi connectivity index (χ0n) is 13.9. The lowest BCUT2D eigenvalue weighted by Crippen LogP contribution is -2.68. The summed E-state index contributed by atoms with van der Waals surface area (Å²) in [5, 5.41) is 13.1. The Morgan fingerprint density at radius 1 is 1.10 bits per heavy atom. The molecule has 0 unspecified atom stereocenters. The van der Waals surface area contributed by atoms with E-state index in [2.05, 4.69) is 33.0 Å². The second-order valence-electron chi connectivity index (χ2n) is 7.70. The van der Waals surface area contributed by atoms with Crippen LogP contribution in [0.4, 0.5) is 0 Å². The standard InChI is InChI=1S/C16H29NO4/c1-6-15(7-2)9-16(8-13(3,4)17-15)20-10-14(5,11-21-16)12(18)19/h17H,6-11H2,1-5H3,(H,18,19). The van der Waals surface area contributed by atoms with E-state index in [1.807, 2.05) is 0 Å². The highest BCUT2D eigenvalue weighted by molar-refractivity contribution is 5.74. The van der Waals surface area contributed by atoms with Crippen LogP contribution in [0.15, 0.2) is 0 Å². The Hall–Kier alpha value is -0.650. The molecule has 2 saturated heterocycles. The number of aliphatic carboxylic acids is 1. The van der Waals surface area contributed by atoms with E-state index in [4.69, 9.17) is 9.47 Å². The van der Waals surface area contributed by atoms with Crippen LogP contribution in [0.3, 0.4) is 0 Å². The van der Waals surface area contributed by atoms with Gasteiger partial charge in [0.1, 0.15) is 5.41 Å². The van der Waals surface area contributed by atoms with Gasteiger partial charge in [0.2, 0.25) is 0 Å². The summed E-state index contributed by atoms with van der Waals surface area (Å²) in [6, 6.07) is 0. The first-order valence-electron chi connectivity index (χ1n) is 7.91. The largest absolute Gasteiger partial charge is 0.481 e. The smallest absolute Gasteiger partial charge is 0.314 e. The molecule has 0 aromatic carbocycles. The summed E-state index contributed by atoms with van der Waals surface area (Å²) >= 11 is 0. The van der Waals surface area contributed by atoms with Gasteiger partial charge in [-0.25, -0.2) is 0 Å². The number of hydrogen-bond acceptors (Lipinski definition) is 4. The lowest BCUT2D eigenvalue weighted by Gasteiger charge is -2.56. The number of hydrogen-bond donors (Lipinski definition) is 2. The Bertz CT molecular complexity index is 407. The highest BCUT2D eigenvalue weighted by Gasteiger charge is 2.55. The van der Waals surface area contributed by atoms with Crippen molar-refractivity contribution in [3.05, 3.63) is 0 Å². The van der Waals surface area contributed by atoms with E-state index in [1.54, 1.807) is 6.92 Å². The van der Waals surface area contributed by atoms with E-state index in [-0.39, 0.29) is 24.3 Å². The van der Waals surface area contributed by atoms with Gasteiger partial charge in [-0.2, -0.15) is 0 Å². The molecule has 0 aromatic heterocycles. The molecule has 5 nitrogen and oxygen atoms in total. The summed E-state index contributed by atoms with van der Waals surface area (Å²) in [4.78, 5) is 11.3. The molecule has 1 spiro atoms. The molecule has 21 heavy (non-hydrogen) atoms. The molecule has 2 aliphatic rings. The molecule has 2 fully saturated rings. The van der Waals surface area contributed by atoms with Crippen molar-refractivity contribution in [2.75, 3.05) is 13.2 Å². The normalized spacial score (nSPS) is 38.3. The number of rotatable bonds is 3. The van der Waals surface area contributed by atoms with Crippen molar-refractivity contribution >= 4 is 5.97 Å². The van der Waals surface area contributed by atoms with Gasteiger partial charge in [-0.1, -0.05) is 13.8 Å². The topological polar surface area (TPSA) is 67.8 Å². The molecule has 0 bridgehead atoms. The number of carboxylic acid groups (broad SMARTS) is 1. The van der Waals surface area contributed by atoms with Crippen LogP contribution >= 0.6 is 0 Å². The molecule has 2 rings (SSSR count). The third-order valence-electron chi connectivity index (χ3n) is 5.10. The van der Waals surface area contributed by atoms with E-state index in [0.29, 0.717) is 0 Å². The molecule has 0 amide bonds. The minimum absolute atomic E-state index is 0.0152. The van der Waals surface area contributed by atoms with Gasteiger partial charge in [0, 0.05) is 23.9 Å². The number of nitrogens with one attached hydrogen (secondary N) is 1. The molecule has 0 radical (unpaired) electrons. The van der Waals surface area contributed by atoms with E-state index < -0.39 is 17.2 Å². The second-order valence-corrected chi connectivity index (χ2v) is 7.70. The highest BCUT2D eigenvalue weighted by Crippen LogP contribution is 2.45. The molecule has 2 N–H and O–H groups in total. The number of piperidine rings is 1. The molecule has 2 heterocycles. The van der Waals surface area contributed by atoms with Gasteiger partial charge in [-0.3, -0.25) is 4.79 Å². The lowest BCUT2D eigenvalue weighted by molar-refractivity contribution is -0.325. The monoisotopic (exact) mass is 299 g/mol. The van der Waals surface area contributed by atoms with Crippen LogP contribution in [0.25, 0.3) is 0 Å². The van der Waals surface area contributed by atoms with Crippen molar-refractivity contribution in [2.45, 2.75) is 77.2 Å². The number of carbonyl (C=O) groups is 1. The van der Waals surface area contributed by atoms with Crippen LogP contribution in [0, 0.1) is 5.41 Å². The summed E-state index contributed by atoms with van der Waals surface area (Å²) < 4.78 is 12.1. The predicted octanol–water partition coefficient (Wildman–Crippen LogP) is 2.54. The fourth-order valence-corrected chi connectivity index (χ4v) is 3.73. The Morgan fingerprint density at radius 2 is 1.62 bits per heavy atom. The molecular weight excluding hydrogens is 270 g/mol. The van der Waals surface area contributed by atoms with Crippen molar-refractivity contribution in [3.63, 3.8) is 0 Å². The molecule has 0 saturated carbocycles. The van der Waals surface area contributed by atoms with Gasteiger partial charge in [0.05, 0.1) is 13.2 Å². The molecule has 0 aromatic rings. The van der Waals surface area contributed by atoms with Crippen LogP contribution < -0.4 is 5.32 Å². The Balaban J connectivity index is 2.21. The molecule has 0 atom stereocenters. The molecule has 5 heteroatoms. The van der Waals surface area contributed by atoms with Crippen molar-refractivity contribution in [3.8, 4) is 0 Å². The van der Waals surface area contributed by atoms with Crippen LogP contribution in [-0.4, -0.2) is 41.2 Å². The van der Waals surface area contributed by atoms with Gasteiger partial charge in [0.15, 0.2) is 5.79 Å². The van der Waals surface area contributed by atoms with E-state index in [9.17, 15) is 9.90 Å². The average molecular weight is 299 g/mol. The van der Waals surface area contributed by atoms with Gasteiger partial charge in [-0.15, -0.1) is 0 Å². The van der Waals surface area contributed by atoms with E-state index in [0.717, 1.165) is 25.7 Å². The average Bonchev–Trinajstić information content (AvgIpc) is 2.40. The first kappa shape index (κ1) is 16.7. The molecule has 2 aliphatic heterocycles. The molecular formula is C16H29NO4.